The first-order valence-corrected chi connectivity index (χ1v) is 11.6. The summed E-state index contributed by atoms with van der Waals surface area (Å²) in [7, 11) is 5.80. The minimum atomic E-state index is 0.118. The van der Waals surface area contributed by atoms with Gasteiger partial charge in [-0.2, -0.15) is 0 Å². The van der Waals surface area contributed by atoms with Gasteiger partial charge in [0.15, 0.2) is 0 Å². The first-order valence-electron chi connectivity index (χ1n) is 11.6. The number of anilines is 2. The van der Waals surface area contributed by atoms with Crippen LogP contribution in [-0.4, -0.2) is 56.6 Å². The Morgan fingerprint density at radius 3 is 2.50 bits per heavy atom. The standard InChI is InChI=1S/C27H33N5O2/c1-30(2)24-8-4-6-21(14-24)18-32(19-22-7-5-9-26(15-22)34-3)25-10-11-29-23(16-25)20-31-13-12-28-17-27(31)33/h4-11,14-16,28H,12-13,17-20H2,1-3H3. The van der Waals surface area contributed by atoms with Gasteiger partial charge in [-0.3, -0.25) is 9.78 Å². The van der Waals surface area contributed by atoms with E-state index in [1.165, 1.54) is 16.8 Å². The number of hydrogen-bond acceptors (Lipinski definition) is 6. The Hall–Kier alpha value is -3.58. The van der Waals surface area contributed by atoms with E-state index in [1.54, 1.807) is 7.11 Å². The summed E-state index contributed by atoms with van der Waals surface area (Å²) in [6.07, 6.45) is 1.84. The van der Waals surface area contributed by atoms with Gasteiger partial charge in [0, 0.05) is 57.8 Å². The number of methoxy groups -OCH3 is 1. The number of carbonyl (C=O) groups excluding carboxylic acids is 1. The maximum atomic E-state index is 12.3. The van der Waals surface area contributed by atoms with Crippen molar-refractivity contribution in [3.63, 3.8) is 0 Å². The highest BCUT2D eigenvalue weighted by Crippen LogP contribution is 2.24. The van der Waals surface area contributed by atoms with Crippen LogP contribution in [0.1, 0.15) is 16.8 Å². The first kappa shape index (κ1) is 23.6. The normalized spacial score (nSPS) is 13.6. The van der Waals surface area contributed by atoms with Gasteiger partial charge in [-0.25, -0.2) is 0 Å². The van der Waals surface area contributed by atoms with Crippen LogP contribution in [0.4, 0.5) is 11.4 Å². The van der Waals surface area contributed by atoms with Crippen molar-refractivity contribution in [3.8, 4) is 5.75 Å². The lowest BCUT2D eigenvalue weighted by Gasteiger charge is -2.29. The third-order valence-electron chi connectivity index (χ3n) is 6.01. The van der Waals surface area contributed by atoms with Crippen LogP contribution in [0.2, 0.25) is 0 Å². The molecule has 1 fully saturated rings. The predicted molar refractivity (Wildman–Crippen MR) is 136 cm³/mol. The topological polar surface area (TPSA) is 60.9 Å². The summed E-state index contributed by atoms with van der Waals surface area (Å²) in [5, 5.41) is 3.12. The molecule has 1 aliphatic rings. The van der Waals surface area contributed by atoms with Crippen molar-refractivity contribution in [1.82, 2.24) is 15.2 Å². The Labute approximate surface area is 202 Å². The minimum absolute atomic E-state index is 0.118. The van der Waals surface area contributed by atoms with Crippen molar-refractivity contribution in [2.45, 2.75) is 19.6 Å². The second-order valence-corrected chi connectivity index (χ2v) is 8.77. The van der Waals surface area contributed by atoms with Crippen molar-refractivity contribution in [1.29, 1.82) is 0 Å². The van der Waals surface area contributed by atoms with E-state index < -0.39 is 0 Å². The highest BCUT2D eigenvalue weighted by atomic mass is 16.5. The van der Waals surface area contributed by atoms with Crippen molar-refractivity contribution in [3.05, 3.63) is 83.7 Å². The molecule has 0 spiro atoms. The summed E-state index contributed by atoms with van der Waals surface area (Å²) in [4.78, 5) is 23.1. The molecule has 3 aromatic rings. The van der Waals surface area contributed by atoms with Gasteiger partial charge in [-0.05, 0) is 47.5 Å². The molecule has 0 radical (unpaired) electrons. The zero-order chi connectivity index (χ0) is 23.9. The van der Waals surface area contributed by atoms with Gasteiger partial charge in [-0.1, -0.05) is 24.3 Å². The highest BCUT2D eigenvalue weighted by Gasteiger charge is 2.19. The van der Waals surface area contributed by atoms with E-state index in [2.05, 4.69) is 76.7 Å². The lowest BCUT2D eigenvalue weighted by atomic mass is 10.1. The third kappa shape index (κ3) is 6.05. The molecule has 1 N–H and O–H groups in total. The average molecular weight is 460 g/mol. The first-order chi connectivity index (χ1) is 16.5. The number of nitrogens with one attached hydrogen (secondary N) is 1. The van der Waals surface area contributed by atoms with Crippen LogP contribution in [-0.2, 0) is 24.4 Å². The summed E-state index contributed by atoms with van der Waals surface area (Å²) >= 11 is 0. The van der Waals surface area contributed by atoms with Crippen molar-refractivity contribution >= 4 is 17.3 Å². The minimum Gasteiger partial charge on any atom is -0.497 e. The molecule has 0 bridgehead atoms. The molecule has 0 aliphatic carbocycles. The third-order valence-corrected chi connectivity index (χ3v) is 6.01. The second kappa shape index (κ2) is 11.0. The monoisotopic (exact) mass is 459 g/mol. The molecule has 0 atom stereocenters. The number of aromatic nitrogens is 1. The lowest BCUT2D eigenvalue weighted by Crippen LogP contribution is -2.47. The maximum absolute atomic E-state index is 12.3. The molecule has 1 amide bonds. The SMILES string of the molecule is COc1cccc(CN(Cc2cccc(N(C)C)c2)c2ccnc(CN3CCNCC3=O)c2)c1. The predicted octanol–water partition coefficient (Wildman–Crippen LogP) is 3.29. The number of amides is 1. The molecule has 7 heteroatoms. The van der Waals surface area contributed by atoms with Gasteiger partial charge < -0.3 is 24.8 Å². The lowest BCUT2D eigenvalue weighted by molar-refractivity contribution is -0.132. The zero-order valence-electron chi connectivity index (χ0n) is 20.2. The molecule has 1 saturated heterocycles. The smallest absolute Gasteiger partial charge is 0.236 e. The Kier molecular flexibility index (Phi) is 7.65. The van der Waals surface area contributed by atoms with Crippen LogP contribution >= 0.6 is 0 Å². The summed E-state index contributed by atoms with van der Waals surface area (Å²) < 4.78 is 5.44. The van der Waals surface area contributed by atoms with E-state index in [-0.39, 0.29) is 5.91 Å². The van der Waals surface area contributed by atoms with Crippen LogP contribution < -0.4 is 19.9 Å². The number of ether oxygens (including phenoxy) is 1. The van der Waals surface area contributed by atoms with Gasteiger partial charge in [-0.15, -0.1) is 0 Å². The van der Waals surface area contributed by atoms with Gasteiger partial charge in [0.25, 0.3) is 0 Å². The fourth-order valence-corrected chi connectivity index (χ4v) is 4.14. The van der Waals surface area contributed by atoms with E-state index >= 15 is 0 Å². The quantitative estimate of drug-likeness (QED) is 0.530. The maximum Gasteiger partial charge on any atom is 0.236 e. The Bertz CT molecular complexity index is 1120. The van der Waals surface area contributed by atoms with Crippen LogP contribution in [0.3, 0.4) is 0 Å². The molecule has 1 aromatic heterocycles. The van der Waals surface area contributed by atoms with Crippen LogP contribution in [0.25, 0.3) is 0 Å². The van der Waals surface area contributed by atoms with E-state index in [0.29, 0.717) is 19.6 Å². The molecule has 0 unspecified atom stereocenters. The number of carbonyl (C=O) groups is 1. The largest absolute Gasteiger partial charge is 0.497 e. The zero-order valence-corrected chi connectivity index (χ0v) is 20.2. The van der Waals surface area contributed by atoms with Gasteiger partial charge >= 0.3 is 0 Å². The number of benzene rings is 2. The van der Waals surface area contributed by atoms with Crippen molar-refractivity contribution < 1.29 is 9.53 Å². The average Bonchev–Trinajstić information content (AvgIpc) is 2.85. The molecule has 2 heterocycles. The Morgan fingerprint density at radius 2 is 1.76 bits per heavy atom. The molecule has 4 rings (SSSR count). The number of hydrogen-bond donors (Lipinski definition) is 1. The molecule has 7 nitrogen and oxygen atoms in total. The van der Waals surface area contributed by atoms with Crippen LogP contribution in [0, 0.1) is 0 Å². The number of nitrogens with zero attached hydrogens (tertiary/aromatic N) is 4. The number of piperazine rings is 1. The summed E-state index contributed by atoms with van der Waals surface area (Å²) in [5.74, 6) is 0.965. The second-order valence-electron chi connectivity index (χ2n) is 8.77. The van der Waals surface area contributed by atoms with Crippen molar-refractivity contribution in [2.24, 2.45) is 0 Å². The molecule has 2 aromatic carbocycles. The molecular weight excluding hydrogens is 426 g/mol. The molecule has 178 valence electrons. The van der Waals surface area contributed by atoms with Gasteiger partial charge in [0.05, 0.1) is 25.9 Å². The van der Waals surface area contributed by atoms with Crippen LogP contribution in [0.15, 0.2) is 66.9 Å². The summed E-state index contributed by atoms with van der Waals surface area (Å²) in [6, 6.07) is 20.9. The number of rotatable bonds is 9. The highest BCUT2D eigenvalue weighted by molar-refractivity contribution is 5.79. The van der Waals surface area contributed by atoms with E-state index in [0.717, 1.165) is 36.8 Å². The number of pyridine rings is 1. The molecule has 0 saturated carbocycles. The fourth-order valence-electron chi connectivity index (χ4n) is 4.14. The Morgan fingerprint density at radius 1 is 1.00 bits per heavy atom. The van der Waals surface area contributed by atoms with E-state index in [1.807, 2.05) is 29.3 Å². The fraction of sp³-hybridized carbons (Fsp3) is 0.333. The Balaban J connectivity index is 1.61. The van der Waals surface area contributed by atoms with Gasteiger partial charge in [0.1, 0.15) is 5.75 Å². The summed E-state index contributed by atoms with van der Waals surface area (Å²) in [5.41, 5.74) is 5.53. The molecule has 1 aliphatic heterocycles. The molecular formula is C27H33N5O2. The van der Waals surface area contributed by atoms with Crippen molar-refractivity contribution in [2.75, 3.05) is 50.6 Å². The molecule has 34 heavy (non-hydrogen) atoms. The summed E-state index contributed by atoms with van der Waals surface area (Å²) in [6.45, 7) is 3.90. The van der Waals surface area contributed by atoms with E-state index in [4.69, 9.17) is 4.74 Å². The van der Waals surface area contributed by atoms with Gasteiger partial charge in [0.2, 0.25) is 5.91 Å². The van der Waals surface area contributed by atoms with Crippen LogP contribution in [0.5, 0.6) is 5.75 Å². The van der Waals surface area contributed by atoms with E-state index in [9.17, 15) is 4.79 Å².